The third-order valence-corrected chi connectivity index (χ3v) is 3.13. The predicted molar refractivity (Wildman–Crippen MR) is 63.0 cm³/mol. The van der Waals surface area contributed by atoms with Gasteiger partial charge in [-0.25, -0.2) is 0 Å². The number of nitrogens with two attached hydrogens (primary N) is 1. The molecule has 0 amide bonds. The van der Waals surface area contributed by atoms with Gasteiger partial charge in [-0.2, -0.15) is 0 Å². The molecule has 0 radical (unpaired) electrons. The lowest BCUT2D eigenvalue weighted by molar-refractivity contribution is 0.414. The minimum Gasteiger partial charge on any atom is -0.497 e. The van der Waals surface area contributed by atoms with E-state index in [0.717, 1.165) is 22.1 Å². The maximum atomic E-state index is 5.85. The molecule has 0 aliphatic rings. The summed E-state index contributed by atoms with van der Waals surface area (Å²) >= 11 is 1.80. The van der Waals surface area contributed by atoms with Crippen LogP contribution in [0.15, 0.2) is 23.1 Å². The number of benzene rings is 1. The van der Waals surface area contributed by atoms with Crippen molar-refractivity contribution in [2.75, 3.05) is 18.6 Å². The molecule has 0 spiro atoms. The molecule has 1 aromatic carbocycles. The van der Waals surface area contributed by atoms with Crippen LogP contribution in [0, 0.1) is 0 Å². The van der Waals surface area contributed by atoms with E-state index in [1.54, 1.807) is 18.9 Å². The topological polar surface area (TPSA) is 35.2 Å². The van der Waals surface area contributed by atoms with Gasteiger partial charge in [0.05, 0.1) is 7.11 Å². The molecular weight excluding hydrogens is 194 g/mol. The second-order valence-corrected chi connectivity index (χ2v) is 4.24. The molecule has 1 rings (SSSR count). The second kappa shape index (κ2) is 5.81. The molecule has 0 saturated heterocycles. The van der Waals surface area contributed by atoms with E-state index in [9.17, 15) is 0 Å². The zero-order valence-corrected chi connectivity index (χ0v) is 9.56. The molecule has 0 fully saturated rings. The summed E-state index contributed by atoms with van der Waals surface area (Å²) in [4.78, 5) is 1.12. The molecule has 0 aromatic heterocycles. The monoisotopic (exact) mass is 211 g/mol. The molecule has 3 heteroatoms. The van der Waals surface area contributed by atoms with E-state index in [4.69, 9.17) is 10.5 Å². The van der Waals surface area contributed by atoms with Crippen LogP contribution in [-0.2, 0) is 0 Å². The zero-order valence-electron chi connectivity index (χ0n) is 8.75. The fraction of sp³-hybridized carbons (Fsp3) is 0.455. The molecule has 0 saturated carbocycles. The Morgan fingerprint density at radius 2 is 2.21 bits per heavy atom. The molecule has 2 nitrogen and oxygen atoms in total. The average molecular weight is 211 g/mol. The number of rotatable bonds is 5. The smallest absolute Gasteiger partial charge is 0.120 e. The molecule has 0 aliphatic carbocycles. The normalized spacial score (nSPS) is 10.1. The lowest BCUT2D eigenvalue weighted by Gasteiger charge is -2.07. The van der Waals surface area contributed by atoms with Crippen molar-refractivity contribution in [1.82, 2.24) is 0 Å². The van der Waals surface area contributed by atoms with Gasteiger partial charge in [0, 0.05) is 10.6 Å². The number of unbranched alkanes of at least 4 members (excludes halogenated alkanes) is 1. The summed E-state index contributed by atoms with van der Waals surface area (Å²) in [5.41, 5.74) is 6.69. The Morgan fingerprint density at radius 3 is 2.86 bits per heavy atom. The quantitative estimate of drug-likeness (QED) is 0.461. The number of thioether (sulfide) groups is 1. The molecule has 0 atom stereocenters. The van der Waals surface area contributed by atoms with E-state index in [2.05, 4.69) is 6.92 Å². The number of anilines is 1. The zero-order chi connectivity index (χ0) is 10.4. The molecule has 78 valence electrons. The largest absolute Gasteiger partial charge is 0.497 e. The van der Waals surface area contributed by atoms with Gasteiger partial charge in [-0.05, 0) is 30.4 Å². The van der Waals surface area contributed by atoms with Gasteiger partial charge in [-0.3, -0.25) is 0 Å². The van der Waals surface area contributed by atoms with Crippen molar-refractivity contribution in [3.63, 3.8) is 0 Å². The number of nitrogen functional groups attached to an aromatic ring is 1. The Bertz CT molecular complexity index is 289. The number of methoxy groups -OCH3 is 1. The standard InChI is InChI=1S/C11H17NOS/c1-3-4-7-14-11-8-9(13-2)5-6-10(11)12/h5-6,8H,3-4,7,12H2,1-2H3. The average Bonchev–Trinajstić information content (AvgIpc) is 2.21. The van der Waals surface area contributed by atoms with Gasteiger partial charge in [0.2, 0.25) is 0 Å². The van der Waals surface area contributed by atoms with Crippen LogP contribution >= 0.6 is 11.8 Å². The van der Waals surface area contributed by atoms with Crippen molar-refractivity contribution >= 4 is 17.4 Å². The molecule has 2 N–H and O–H groups in total. The molecule has 0 unspecified atom stereocenters. The van der Waals surface area contributed by atoms with Crippen molar-refractivity contribution in [2.24, 2.45) is 0 Å². The molecule has 0 aliphatic heterocycles. The van der Waals surface area contributed by atoms with Crippen molar-refractivity contribution in [3.05, 3.63) is 18.2 Å². The SMILES string of the molecule is CCCCSc1cc(OC)ccc1N. The summed E-state index contributed by atoms with van der Waals surface area (Å²) in [5.74, 6) is 1.99. The summed E-state index contributed by atoms with van der Waals surface area (Å²) in [6.45, 7) is 2.19. The van der Waals surface area contributed by atoms with E-state index < -0.39 is 0 Å². The number of hydrogen-bond acceptors (Lipinski definition) is 3. The second-order valence-electron chi connectivity index (χ2n) is 3.11. The van der Waals surface area contributed by atoms with E-state index in [1.165, 1.54) is 12.8 Å². The highest BCUT2D eigenvalue weighted by Gasteiger charge is 2.01. The lowest BCUT2D eigenvalue weighted by Crippen LogP contribution is -1.91. The Morgan fingerprint density at radius 1 is 1.43 bits per heavy atom. The van der Waals surface area contributed by atoms with Crippen LogP contribution in [0.2, 0.25) is 0 Å². The van der Waals surface area contributed by atoms with Gasteiger partial charge in [0.25, 0.3) is 0 Å². The third-order valence-electron chi connectivity index (χ3n) is 1.98. The number of hydrogen-bond donors (Lipinski definition) is 1. The van der Waals surface area contributed by atoms with E-state index in [-0.39, 0.29) is 0 Å². The molecular formula is C11H17NOS. The van der Waals surface area contributed by atoms with Gasteiger partial charge in [-0.1, -0.05) is 13.3 Å². The fourth-order valence-corrected chi connectivity index (χ4v) is 2.18. The van der Waals surface area contributed by atoms with Crippen LogP contribution in [-0.4, -0.2) is 12.9 Å². The minimum atomic E-state index is 0.840. The molecule has 0 heterocycles. The number of ether oxygens (including phenoxy) is 1. The third kappa shape index (κ3) is 3.14. The van der Waals surface area contributed by atoms with Gasteiger partial charge < -0.3 is 10.5 Å². The van der Waals surface area contributed by atoms with Gasteiger partial charge in [-0.15, -0.1) is 11.8 Å². The first-order valence-corrected chi connectivity index (χ1v) is 5.82. The van der Waals surface area contributed by atoms with Crippen molar-refractivity contribution in [1.29, 1.82) is 0 Å². The Balaban J connectivity index is 2.64. The molecule has 1 aromatic rings. The Labute approximate surface area is 89.8 Å². The van der Waals surface area contributed by atoms with Crippen LogP contribution < -0.4 is 10.5 Å². The summed E-state index contributed by atoms with van der Waals surface area (Å²) in [7, 11) is 1.67. The maximum absolute atomic E-state index is 5.85. The molecule has 14 heavy (non-hydrogen) atoms. The predicted octanol–water partition coefficient (Wildman–Crippen LogP) is 3.17. The highest BCUT2D eigenvalue weighted by atomic mass is 32.2. The van der Waals surface area contributed by atoms with Crippen molar-refractivity contribution < 1.29 is 4.74 Å². The van der Waals surface area contributed by atoms with Crippen molar-refractivity contribution in [2.45, 2.75) is 24.7 Å². The minimum absolute atomic E-state index is 0.840. The van der Waals surface area contributed by atoms with E-state index >= 15 is 0 Å². The first-order chi connectivity index (χ1) is 6.77. The van der Waals surface area contributed by atoms with Crippen LogP contribution in [0.4, 0.5) is 5.69 Å². The van der Waals surface area contributed by atoms with Crippen LogP contribution in [0.3, 0.4) is 0 Å². The van der Waals surface area contributed by atoms with Gasteiger partial charge >= 0.3 is 0 Å². The summed E-state index contributed by atoms with van der Waals surface area (Å²) < 4.78 is 5.15. The lowest BCUT2D eigenvalue weighted by atomic mass is 10.3. The van der Waals surface area contributed by atoms with Crippen LogP contribution in [0.1, 0.15) is 19.8 Å². The highest BCUT2D eigenvalue weighted by molar-refractivity contribution is 7.99. The first-order valence-electron chi connectivity index (χ1n) is 4.84. The summed E-state index contributed by atoms with van der Waals surface area (Å²) in [6.07, 6.45) is 2.44. The highest BCUT2D eigenvalue weighted by Crippen LogP contribution is 2.29. The molecule has 0 bridgehead atoms. The Kier molecular flexibility index (Phi) is 4.66. The van der Waals surface area contributed by atoms with Crippen LogP contribution in [0.5, 0.6) is 5.75 Å². The van der Waals surface area contributed by atoms with E-state index in [0.29, 0.717) is 0 Å². The van der Waals surface area contributed by atoms with Gasteiger partial charge in [0.15, 0.2) is 0 Å². The van der Waals surface area contributed by atoms with Gasteiger partial charge in [0.1, 0.15) is 5.75 Å². The van der Waals surface area contributed by atoms with E-state index in [1.807, 2.05) is 18.2 Å². The Hall–Kier alpha value is -0.830. The van der Waals surface area contributed by atoms with Crippen LogP contribution in [0.25, 0.3) is 0 Å². The first kappa shape index (κ1) is 11.2. The van der Waals surface area contributed by atoms with Crippen molar-refractivity contribution in [3.8, 4) is 5.75 Å². The fourth-order valence-electron chi connectivity index (χ4n) is 1.09. The summed E-state index contributed by atoms with van der Waals surface area (Å²) in [6, 6.07) is 5.78. The maximum Gasteiger partial charge on any atom is 0.120 e. The summed E-state index contributed by atoms with van der Waals surface area (Å²) in [5, 5.41) is 0.